The second kappa shape index (κ2) is 5.94. The van der Waals surface area contributed by atoms with Gasteiger partial charge in [-0.2, -0.15) is 0 Å². The molecule has 0 fully saturated rings. The highest BCUT2D eigenvalue weighted by Gasteiger charge is 2.10. The van der Waals surface area contributed by atoms with Crippen molar-refractivity contribution in [2.24, 2.45) is 5.73 Å². The molecule has 0 atom stereocenters. The van der Waals surface area contributed by atoms with Gasteiger partial charge < -0.3 is 15.6 Å². The smallest absolute Gasteiger partial charge is 0.276 e. The molecule has 100 valence electrons. The Morgan fingerprint density at radius 3 is 3.00 bits per heavy atom. The van der Waals surface area contributed by atoms with E-state index in [0.717, 1.165) is 10.0 Å². The highest BCUT2D eigenvalue weighted by molar-refractivity contribution is 9.10. The van der Waals surface area contributed by atoms with Crippen LogP contribution in [0.1, 0.15) is 16.1 Å². The second-order valence-electron chi connectivity index (χ2n) is 4.06. The van der Waals surface area contributed by atoms with Crippen LogP contribution < -0.4 is 11.1 Å². The van der Waals surface area contributed by atoms with Gasteiger partial charge in [0.2, 0.25) is 0 Å². The number of aromatic nitrogens is 3. The van der Waals surface area contributed by atoms with E-state index in [0.29, 0.717) is 24.6 Å². The molecule has 0 unspecified atom stereocenters. The van der Waals surface area contributed by atoms with Crippen LogP contribution in [-0.2, 0) is 6.54 Å². The van der Waals surface area contributed by atoms with E-state index in [1.807, 2.05) is 6.92 Å². The number of carbonyl (C=O) groups excluding carboxylic acids is 1. The van der Waals surface area contributed by atoms with E-state index in [4.69, 9.17) is 5.73 Å². The van der Waals surface area contributed by atoms with Crippen molar-refractivity contribution in [2.75, 3.05) is 11.9 Å². The first kappa shape index (κ1) is 13.7. The fourth-order valence-electron chi connectivity index (χ4n) is 1.54. The number of hydrogen-bond donors (Lipinski definition) is 2. The van der Waals surface area contributed by atoms with Crippen LogP contribution in [0.3, 0.4) is 0 Å². The molecule has 2 rings (SSSR count). The van der Waals surface area contributed by atoms with Gasteiger partial charge in [-0.25, -0.2) is 9.97 Å². The predicted octanol–water partition coefficient (Wildman–Crippen LogP) is 1.56. The summed E-state index contributed by atoms with van der Waals surface area (Å²) in [5.41, 5.74) is 6.78. The number of rotatable bonds is 4. The monoisotopic (exact) mass is 323 g/mol. The van der Waals surface area contributed by atoms with Gasteiger partial charge in [-0.1, -0.05) is 0 Å². The molecule has 0 radical (unpaired) electrons. The number of pyridine rings is 1. The average Bonchev–Trinajstić information content (AvgIpc) is 2.83. The lowest BCUT2D eigenvalue weighted by Gasteiger charge is -2.04. The Labute approximate surface area is 119 Å². The summed E-state index contributed by atoms with van der Waals surface area (Å²) in [6.45, 7) is 3.07. The third-order valence-electron chi connectivity index (χ3n) is 2.54. The molecule has 1 amide bonds. The van der Waals surface area contributed by atoms with Crippen LogP contribution in [0.5, 0.6) is 0 Å². The first-order valence-corrected chi connectivity index (χ1v) is 6.55. The van der Waals surface area contributed by atoms with Crippen LogP contribution in [-0.4, -0.2) is 27.0 Å². The number of nitrogens with two attached hydrogens (primary N) is 1. The summed E-state index contributed by atoms with van der Waals surface area (Å²) >= 11 is 3.36. The number of hydrogen-bond acceptors (Lipinski definition) is 4. The molecule has 0 aliphatic rings. The van der Waals surface area contributed by atoms with E-state index in [-0.39, 0.29) is 5.91 Å². The van der Waals surface area contributed by atoms with Crippen LogP contribution in [0, 0.1) is 6.92 Å². The highest BCUT2D eigenvalue weighted by atomic mass is 79.9. The van der Waals surface area contributed by atoms with E-state index >= 15 is 0 Å². The van der Waals surface area contributed by atoms with Crippen LogP contribution >= 0.6 is 15.9 Å². The first-order valence-electron chi connectivity index (χ1n) is 5.75. The van der Waals surface area contributed by atoms with Crippen molar-refractivity contribution >= 4 is 27.7 Å². The Hall–Kier alpha value is -1.73. The maximum absolute atomic E-state index is 12.0. The lowest BCUT2D eigenvalue weighted by molar-refractivity contribution is 0.102. The molecule has 19 heavy (non-hydrogen) atoms. The van der Waals surface area contributed by atoms with E-state index in [2.05, 4.69) is 31.2 Å². The third kappa shape index (κ3) is 3.39. The zero-order valence-corrected chi connectivity index (χ0v) is 12.0. The van der Waals surface area contributed by atoms with Crippen LogP contribution in [0.2, 0.25) is 0 Å². The van der Waals surface area contributed by atoms with Gasteiger partial charge in [-0.15, -0.1) is 0 Å². The van der Waals surface area contributed by atoms with Gasteiger partial charge in [0.15, 0.2) is 0 Å². The minimum absolute atomic E-state index is 0.287. The molecule has 2 aromatic heterocycles. The SMILES string of the molecule is Cc1cc(NC(=O)c2cn(CCN)cn2)ncc1Br. The molecule has 0 saturated heterocycles. The van der Waals surface area contributed by atoms with Crippen molar-refractivity contribution in [1.29, 1.82) is 0 Å². The van der Waals surface area contributed by atoms with Crippen molar-refractivity contribution in [3.05, 3.63) is 40.5 Å². The van der Waals surface area contributed by atoms with E-state index in [1.54, 1.807) is 29.4 Å². The molecular weight excluding hydrogens is 310 g/mol. The van der Waals surface area contributed by atoms with Crippen molar-refractivity contribution in [2.45, 2.75) is 13.5 Å². The minimum atomic E-state index is -0.287. The van der Waals surface area contributed by atoms with Gasteiger partial charge in [0.05, 0.1) is 6.33 Å². The Balaban J connectivity index is 2.09. The molecule has 3 N–H and O–H groups in total. The molecular formula is C12H14BrN5O. The van der Waals surface area contributed by atoms with E-state index in [9.17, 15) is 4.79 Å². The maximum Gasteiger partial charge on any atom is 0.276 e. The molecule has 0 saturated carbocycles. The zero-order valence-electron chi connectivity index (χ0n) is 10.4. The van der Waals surface area contributed by atoms with Crippen LogP contribution in [0.15, 0.2) is 29.3 Å². The molecule has 0 aliphatic heterocycles. The van der Waals surface area contributed by atoms with Crippen LogP contribution in [0.25, 0.3) is 0 Å². The molecule has 2 heterocycles. The van der Waals surface area contributed by atoms with Crippen molar-refractivity contribution in [1.82, 2.24) is 14.5 Å². The van der Waals surface area contributed by atoms with Gasteiger partial charge in [-0.3, -0.25) is 4.79 Å². The zero-order chi connectivity index (χ0) is 13.8. The number of anilines is 1. The largest absolute Gasteiger partial charge is 0.335 e. The lowest BCUT2D eigenvalue weighted by Crippen LogP contribution is -2.14. The van der Waals surface area contributed by atoms with Crippen molar-refractivity contribution in [3.8, 4) is 0 Å². The summed E-state index contributed by atoms with van der Waals surface area (Å²) in [6, 6.07) is 1.79. The Morgan fingerprint density at radius 2 is 2.32 bits per heavy atom. The van der Waals surface area contributed by atoms with Crippen LogP contribution in [0.4, 0.5) is 5.82 Å². The van der Waals surface area contributed by atoms with Gasteiger partial charge in [0.1, 0.15) is 11.5 Å². The summed E-state index contributed by atoms with van der Waals surface area (Å²) < 4.78 is 2.67. The standard InChI is InChI=1S/C12H14BrN5O/c1-8-4-11(15-5-9(8)13)17-12(19)10-6-18(3-2-14)7-16-10/h4-7H,2-3,14H2,1H3,(H,15,17,19). The lowest BCUT2D eigenvalue weighted by atomic mass is 10.3. The number of imidazole rings is 1. The van der Waals surface area contributed by atoms with Gasteiger partial charge in [0, 0.05) is 30.0 Å². The van der Waals surface area contributed by atoms with Gasteiger partial charge >= 0.3 is 0 Å². The van der Waals surface area contributed by atoms with Gasteiger partial charge in [0.25, 0.3) is 5.91 Å². The number of carbonyl (C=O) groups is 1. The normalized spacial score (nSPS) is 10.5. The molecule has 0 spiro atoms. The molecule has 0 bridgehead atoms. The highest BCUT2D eigenvalue weighted by Crippen LogP contribution is 2.17. The van der Waals surface area contributed by atoms with Crippen molar-refractivity contribution in [3.63, 3.8) is 0 Å². The molecule has 2 aromatic rings. The first-order chi connectivity index (χ1) is 9.10. The molecule has 0 aromatic carbocycles. The Bertz CT molecular complexity index is 596. The maximum atomic E-state index is 12.0. The summed E-state index contributed by atoms with van der Waals surface area (Å²) in [7, 11) is 0. The summed E-state index contributed by atoms with van der Waals surface area (Å²) in [6.07, 6.45) is 4.90. The quantitative estimate of drug-likeness (QED) is 0.894. The molecule has 6 nitrogen and oxygen atoms in total. The summed E-state index contributed by atoms with van der Waals surface area (Å²) in [5.74, 6) is 0.212. The Kier molecular flexibility index (Phi) is 4.28. The fraction of sp³-hybridized carbons (Fsp3) is 0.250. The van der Waals surface area contributed by atoms with Gasteiger partial charge in [-0.05, 0) is 34.5 Å². The number of aryl methyl sites for hydroxylation is 1. The van der Waals surface area contributed by atoms with Crippen molar-refractivity contribution < 1.29 is 4.79 Å². The summed E-state index contributed by atoms with van der Waals surface area (Å²) in [4.78, 5) is 20.1. The minimum Gasteiger partial charge on any atom is -0.335 e. The number of nitrogens with zero attached hydrogens (tertiary/aromatic N) is 3. The average molecular weight is 324 g/mol. The number of amides is 1. The predicted molar refractivity (Wildman–Crippen MR) is 75.9 cm³/mol. The number of nitrogens with one attached hydrogen (secondary N) is 1. The third-order valence-corrected chi connectivity index (χ3v) is 3.37. The molecule has 7 heteroatoms. The summed E-state index contributed by atoms with van der Waals surface area (Å²) in [5, 5.41) is 2.70. The fourth-order valence-corrected chi connectivity index (χ4v) is 1.75. The van der Waals surface area contributed by atoms with E-state index in [1.165, 1.54) is 0 Å². The Morgan fingerprint density at radius 1 is 1.53 bits per heavy atom. The molecule has 0 aliphatic carbocycles. The second-order valence-corrected chi connectivity index (χ2v) is 4.91. The number of halogens is 1. The van der Waals surface area contributed by atoms with E-state index < -0.39 is 0 Å². The topological polar surface area (TPSA) is 85.8 Å².